The van der Waals surface area contributed by atoms with E-state index in [0.717, 1.165) is 11.8 Å². The standard InChI is InChI=1S/C14H9NO6S/c1-20-8-3-2-6(4-10-12(16)15-14(19)22-10)11-7(8)5-9(21-11)13(17)18/h2-5H,1H3,(H,17,18)(H,15,16,19). The molecule has 0 radical (unpaired) electrons. The Bertz CT molecular complexity index is 850. The zero-order valence-corrected chi connectivity index (χ0v) is 12.0. The number of ether oxygens (including phenoxy) is 1. The number of carboxylic acid groups (broad SMARTS) is 1. The van der Waals surface area contributed by atoms with Gasteiger partial charge < -0.3 is 14.3 Å². The zero-order valence-electron chi connectivity index (χ0n) is 11.2. The number of hydrogen-bond donors (Lipinski definition) is 2. The summed E-state index contributed by atoms with van der Waals surface area (Å²) in [5, 5.41) is 11.2. The maximum atomic E-state index is 11.6. The maximum absolute atomic E-state index is 11.6. The lowest BCUT2D eigenvalue weighted by Crippen LogP contribution is -2.17. The van der Waals surface area contributed by atoms with Gasteiger partial charge in [0.1, 0.15) is 11.3 Å². The van der Waals surface area contributed by atoms with Gasteiger partial charge in [0.05, 0.1) is 17.4 Å². The van der Waals surface area contributed by atoms with E-state index >= 15 is 0 Å². The Hall–Kier alpha value is -2.74. The molecule has 1 aromatic carbocycles. The number of carboxylic acids is 1. The van der Waals surface area contributed by atoms with Crippen LogP contribution in [0.2, 0.25) is 0 Å². The molecule has 0 spiro atoms. The molecule has 1 saturated heterocycles. The Morgan fingerprint density at radius 3 is 2.77 bits per heavy atom. The Morgan fingerprint density at radius 1 is 1.41 bits per heavy atom. The second-order valence-electron chi connectivity index (χ2n) is 4.37. The van der Waals surface area contributed by atoms with E-state index in [1.54, 1.807) is 12.1 Å². The first kappa shape index (κ1) is 14.2. The fraction of sp³-hybridized carbons (Fsp3) is 0.0714. The summed E-state index contributed by atoms with van der Waals surface area (Å²) in [6.07, 6.45) is 1.47. The summed E-state index contributed by atoms with van der Waals surface area (Å²) in [6, 6.07) is 4.61. The molecule has 0 unspecified atom stereocenters. The molecule has 8 heteroatoms. The van der Waals surface area contributed by atoms with Crippen molar-refractivity contribution < 1.29 is 28.6 Å². The van der Waals surface area contributed by atoms with Gasteiger partial charge in [-0.3, -0.25) is 14.9 Å². The SMILES string of the molecule is COc1ccc(C=C2SC(=O)NC2=O)c2oc(C(=O)O)cc12. The normalized spacial score (nSPS) is 16.3. The van der Waals surface area contributed by atoms with Gasteiger partial charge in [-0.15, -0.1) is 0 Å². The van der Waals surface area contributed by atoms with Crippen LogP contribution < -0.4 is 10.1 Å². The summed E-state index contributed by atoms with van der Waals surface area (Å²) in [4.78, 5) is 34.0. The first-order valence-electron chi connectivity index (χ1n) is 6.08. The number of aromatic carboxylic acids is 1. The van der Waals surface area contributed by atoms with Crippen LogP contribution in [0.25, 0.3) is 17.0 Å². The smallest absolute Gasteiger partial charge is 0.371 e. The molecule has 1 aliphatic rings. The van der Waals surface area contributed by atoms with E-state index in [-0.39, 0.29) is 16.2 Å². The number of imide groups is 1. The monoisotopic (exact) mass is 319 g/mol. The highest BCUT2D eigenvalue weighted by atomic mass is 32.2. The maximum Gasteiger partial charge on any atom is 0.371 e. The number of hydrogen-bond acceptors (Lipinski definition) is 6. The van der Waals surface area contributed by atoms with Gasteiger partial charge in [0.2, 0.25) is 5.76 Å². The Balaban J connectivity index is 2.18. The van der Waals surface area contributed by atoms with Gasteiger partial charge in [0.15, 0.2) is 0 Å². The number of benzene rings is 1. The molecule has 1 fully saturated rings. The number of thioether (sulfide) groups is 1. The fourth-order valence-electron chi connectivity index (χ4n) is 2.08. The lowest BCUT2D eigenvalue weighted by Gasteiger charge is -2.03. The predicted molar refractivity (Wildman–Crippen MR) is 78.8 cm³/mol. The van der Waals surface area contributed by atoms with Crippen LogP contribution in [0.3, 0.4) is 0 Å². The van der Waals surface area contributed by atoms with E-state index in [9.17, 15) is 14.4 Å². The number of furan rings is 1. The largest absolute Gasteiger partial charge is 0.496 e. The van der Waals surface area contributed by atoms with Gasteiger partial charge in [-0.2, -0.15) is 0 Å². The van der Waals surface area contributed by atoms with Crippen LogP contribution in [0, 0.1) is 0 Å². The van der Waals surface area contributed by atoms with Gasteiger partial charge in [-0.05, 0) is 30.0 Å². The van der Waals surface area contributed by atoms with Crippen molar-refractivity contribution in [1.29, 1.82) is 0 Å². The Morgan fingerprint density at radius 2 is 2.18 bits per heavy atom. The van der Waals surface area contributed by atoms with Crippen molar-refractivity contribution in [2.24, 2.45) is 0 Å². The molecule has 3 rings (SSSR count). The second-order valence-corrected chi connectivity index (χ2v) is 5.38. The average Bonchev–Trinajstić information content (AvgIpc) is 3.04. The first-order valence-corrected chi connectivity index (χ1v) is 6.90. The quantitative estimate of drug-likeness (QED) is 0.837. The molecule has 0 atom stereocenters. The molecule has 2 heterocycles. The molecule has 2 amide bonds. The highest BCUT2D eigenvalue weighted by Crippen LogP contribution is 2.34. The van der Waals surface area contributed by atoms with E-state index < -0.39 is 17.1 Å². The fourth-order valence-corrected chi connectivity index (χ4v) is 2.75. The van der Waals surface area contributed by atoms with Crippen LogP contribution >= 0.6 is 11.8 Å². The van der Waals surface area contributed by atoms with E-state index in [2.05, 4.69) is 5.32 Å². The van der Waals surface area contributed by atoms with Crippen LogP contribution in [0.4, 0.5) is 4.79 Å². The minimum atomic E-state index is -1.21. The van der Waals surface area contributed by atoms with E-state index in [1.807, 2.05) is 0 Å². The van der Waals surface area contributed by atoms with Crippen molar-refractivity contribution in [3.8, 4) is 5.75 Å². The molecular weight excluding hydrogens is 310 g/mol. The van der Waals surface area contributed by atoms with E-state index in [0.29, 0.717) is 16.7 Å². The predicted octanol–water partition coefficient (Wildman–Crippen LogP) is 2.46. The lowest BCUT2D eigenvalue weighted by molar-refractivity contribution is -0.115. The number of rotatable bonds is 3. The van der Waals surface area contributed by atoms with Crippen LogP contribution in [0.1, 0.15) is 16.1 Å². The number of methoxy groups -OCH3 is 1. The molecular formula is C14H9NO6S. The highest BCUT2D eigenvalue weighted by molar-refractivity contribution is 8.18. The number of fused-ring (bicyclic) bond motifs is 1. The average molecular weight is 319 g/mol. The van der Waals surface area contributed by atoms with Crippen molar-refractivity contribution in [2.75, 3.05) is 7.11 Å². The topological polar surface area (TPSA) is 106 Å². The van der Waals surface area contributed by atoms with Crippen LogP contribution in [-0.4, -0.2) is 29.3 Å². The number of carbonyl (C=O) groups excluding carboxylic acids is 2. The minimum absolute atomic E-state index is 0.213. The second kappa shape index (κ2) is 5.23. The summed E-state index contributed by atoms with van der Waals surface area (Å²) in [7, 11) is 1.46. The number of carbonyl (C=O) groups is 3. The first-order chi connectivity index (χ1) is 10.5. The summed E-state index contributed by atoms with van der Waals surface area (Å²) in [5.41, 5.74) is 0.757. The summed E-state index contributed by atoms with van der Waals surface area (Å²) >= 11 is 0.772. The van der Waals surface area contributed by atoms with Crippen molar-refractivity contribution in [2.45, 2.75) is 0 Å². The van der Waals surface area contributed by atoms with Crippen molar-refractivity contribution in [3.05, 3.63) is 34.4 Å². The van der Waals surface area contributed by atoms with Gasteiger partial charge >= 0.3 is 5.97 Å². The molecule has 0 bridgehead atoms. The van der Waals surface area contributed by atoms with Crippen LogP contribution in [0.5, 0.6) is 5.75 Å². The van der Waals surface area contributed by atoms with Gasteiger partial charge in [-0.25, -0.2) is 4.79 Å². The minimum Gasteiger partial charge on any atom is -0.496 e. The van der Waals surface area contributed by atoms with E-state index in [1.165, 1.54) is 19.3 Å². The summed E-state index contributed by atoms with van der Waals surface area (Å²) in [6.45, 7) is 0. The molecule has 22 heavy (non-hydrogen) atoms. The van der Waals surface area contributed by atoms with Gasteiger partial charge in [0.25, 0.3) is 11.1 Å². The number of amides is 2. The van der Waals surface area contributed by atoms with Crippen LogP contribution in [-0.2, 0) is 4.79 Å². The molecule has 0 aliphatic carbocycles. The third-order valence-electron chi connectivity index (χ3n) is 3.03. The third-order valence-corrected chi connectivity index (χ3v) is 3.84. The van der Waals surface area contributed by atoms with Crippen molar-refractivity contribution >= 4 is 45.9 Å². The Labute approximate surface area is 127 Å². The molecule has 1 aliphatic heterocycles. The Kier molecular flexibility index (Phi) is 3.38. The van der Waals surface area contributed by atoms with Gasteiger partial charge in [-0.1, -0.05) is 0 Å². The van der Waals surface area contributed by atoms with Gasteiger partial charge in [0, 0.05) is 11.6 Å². The molecule has 7 nitrogen and oxygen atoms in total. The summed E-state index contributed by atoms with van der Waals surface area (Å²) < 4.78 is 10.5. The zero-order chi connectivity index (χ0) is 15.9. The molecule has 112 valence electrons. The number of nitrogens with one attached hydrogen (secondary N) is 1. The highest BCUT2D eigenvalue weighted by Gasteiger charge is 2.26. The molecule has 0 saturated carbocycles. The third kappa shape index (κ3) is 2.33. The summed E-state index contributed by atoms with van der Waals surface area (Å²) in [5.74, 6) is -1.49. The van der Waals surface area contributed by atoms with E-state index in [4.69, 9.17) is 14.3 Å². The molecule has 2 aromatic rings. The van der Waals surface area contributed by atoms with Crippen molar-refractivity contribution in [1.82, 2.24) is 5.32 Å². The lowest BCUT2D eigenvalue weighted by atomic mass is 10.1. The molecule has 1 aromatic heterocycles. The van der Waals surface area contributed by atoms with Crippen molar-refractivity contribution in [3.63, 3.8) is 0 Å². The van der Waals surface area contributed by atoms with Crippen LogP contribution in [0.15, 0.2) is 27.5 Å². The molecule has 2 N–H and O–H groups in total.